The van der Waals surface area contributed by atoms with Crippen LogP contribution in [0.3, 0.4) is 0 Å². The molecule has 92 valence electrons. The Morgan fingerprint density at radius 1 is 1.25 bits per heavy atom. The van der Waals surface area contributed by atoms with Gasteiger partial charge in [0, 0.05) is 6.04 Å². The van der Waals surface area contributed by atoms with E-state index in [0.29, 0.717) is 6.04 Å². The monoisotopic (exact) mass is 221 g/mol. The molecule has 0 bridgehead atoms. The average Bonchev–Trinajstić information content (AvgIpc) is 2.23. The molecule has 1 aliphatic rings. The fourth-order valence-corrected chi connectivity index (χ4v) is 2.12. The van der Waals surface area contributed by atoms with Crippen LogP contribution in [0.2, 0.25) is 0 Å². The molecule has 0 atom stereocenters. The van der Waals surface area contributed by atoms with Gasteiger partial charge >= 0.3 is 0 Å². The zero-order chi connectivity index (χ0) is 12.4. The Bertz CT molecular complexity index is 220. The molecule has 2 N–H and O–H groups in total. The quantitative estimate of drug-likeness (QED) is 0.560. The van der Waals surface area contributed by atoms with Crippen molar-refractivity contribution in [1.82, 2.24) is 0 Å². The third-order valence-corrected chi connectivity index (χ3v) is 2.90. The molecule has 0 aromatic heterocycles. The highest BCUT2D eigenvalue weighted by molar-refractivity contribution is 5.08. The Hall–Kier alpha value is -0.820. The standard InChI is InChI=1S/C12H21N.C3H6/c1-3-4-10(2)9-11-5-7-12(13)8-6-11;1-3-2/h3-4,11-12H,1,5-9,13H2,2H3;3H,1H2,2H3/b10-4+;. The molecular weight excluding hydrogens is 194 g/mol. The zero-order valence-corrected chi connectivity index (χ0v) is 10.9. The first-order valence-electron chi connectivity index (χ1n) is 6.24. The van der Waals surface area contributed by atoms with Crippen molar-refractivity contribution in [3.63, 3.8) is 0 Å². The Labute approximate surface area is 101 Å². The summed E-state index contributed by atoms with van der Waals surface area (Å²) in [4.78, 5) is 0. The normalized spacial score (nSPS) is 25.3. The second-order valence-corrected chi connectivity index (χ2v) is 4.64. The summed E-state index contributed by atoms with van der Waals surface area (Å²) in [7, 11) is 0. The van der Waals surface area contributed by atoms with Crippen molar-refractivity contribution in [2.75, 3.05) is 0 Å². The summed E-state index contributed by atoms with van der Waals surface area (Å²) in [6.45, 7) is 11.2. The number of rotatable bonds is 3. The maximum atomic E-state index is 5.86. The van der Waals surface area contributed by atoms with Gasteiger partial charge in [-0.25, -0.2) is 0 Å². The molecule has 1 aliphatic carbocycles. The fourth-order valence-electron chi connectivity index (χ4n) is 2.12. The van der Waals surface area contributed by atoms with Crippen LogP contribution in [0.15, 0.2) is 37.0 Å². The molecule has 1 nitrogen and oxygen atoms in total. The minimum atomic E-state index is 0.472. The van der Waals surface area contributed by atoms with Gasteiger partial charge in [-0.15, -0.1) is 6.58 Å². The predicted octanol–water partition coefficient (Wildman–Crippen LogP) is 4.22. The van der Waals surface area contributed by atoms with E-state index in [1.165, 1.54) is 37.7 Å². The van der Waals surface area contributed by atoms with E-state index in [4.69, 9.17) is 5.73 Å². The van der Waals surface area contributed by atoms with Gasteiger partial charge in [0.2, 0.25) is 0 Å². The van der Waals surface area contributed by atoms with Gasteiger partial charge < -0.3 is 5.73 Å². The summed E-state index contributed by atoms with van der Waals surface area (Å²) in [5.41, 5.74) is 7.31. The Balaban J connectivity index is 0.000000673. The lowest BCUT2D eigenvalue weighted by Crippen LogP contribution is -2.26. The molecule has 1 fully saturated rings. The van der Waals surface area contributed by atoms with Crippen molar-refractivity contribution in [3.8, 4) is 0 Å². The molecule has 1 heteroatoms. The van der Waals surface area contributed by atoms with Crippen LogP contribution in [0.1, 0.15) is 46.0 Å². The molecule has 16 heavy (non-hydrogen) atoms. The molecule has 1 rings (SSSR count). The second kappa shape index (κ2) is 9.41. The van der Waals surface area contributed by atoms with Crippen LogP contribution < -0.4 is 5.73 Å². The Morgan fingerprint density at radius 2 is 1.75 bits per heavy atom. The lowest BCUT2D eigenvalue weighted by atomic mass is 9.83. The largest absolute Gasteiger partial charge is 0.328 e. The van der Waals surface area contributed by atoms with Crippen molar-refractivity contribution in [2.45, 2.75) is 52.0 Å². The summed E-state index contributed by atoms with van der Waals surface area (Å²) in [6, 6.07) is 0.472. The maximum Gasteiger partial charge on any atom is 0.00390 e. The van der Waals surface area contributed by atoms with Crippen molar-refractivity contribution < 1.29 is 0 Å². The van der Waals surface area contributed by atoms with Gasteiger partial charge in [-0.3, -0.25) is 0 Å². The number of hydrogen-bond acceptors (Lipinski definition) is 1. The van der Waals surface area contributed by atoms with Crippen LogP contribution in [0.25, 0.3) is 0 Å². The molecule has 0 aromatic rings. The first-order valence-corrected chi connectivity index (χ1v) is 6.24. The van der Waals surface area contributed by atoms with Crippen molar-refractivity contribution in [3.05, 3.63) is 37.0 Å². The van der Waals surface area contributed by atoms with Crippen molar-refractivity contribution in [1.29, 1.82) is 0 Å². The van der Waals surface area contributed by atoms with Gasteiger partial charge in [-0.2, -0.15) is 0 Å². The summed E-state index contributed by atoms with van der Waals surface area (Å²) in [5.74, 6) is 0.871. The third kappa shape index (κ3) is 7.47. The highest BCUT2D eigenvalue weighted by Gasteiger charge is 2.18. The summed E-state index contributed by atoms with van der Waals surface area (Å²) in [5, 5.41) is 0. The first-order chi connectivity index (χ1) is 7.63. The average molecular weight is 221 g/mol. The van der Waals surface area contributed by atoms with E-state index in [0.717, 1.165) is 5.92 Å². The second-order valence-electron chi connectivity index (χ2n) is 4.64. The number of hydrogen-bond donors (Lipinski definition) is 1. The van der Waals surface area contributed by atoms with Gasteiger partial charge in [0.1, 0.15) is 0 Å². The predicted molar refractivity (Wildman–Crippen MR) is 74.4 cm³/mol. The molecule has 0 heterocycles. The van der Waals surface area contributed by atoms with Crippen molar-refractivity contribution >= 4 is 0 Å². The Morgan fingerprint density at radius 3 is 2.19 bits per heavy atom. The third-order valence-electron chi connectivity index (χ3n) is 2.90. The van der Waals surface area contributed by atoms with E-state index in [1.807, 2.05) is 13.0 Å². The molecule has 0 aliphatic heterocycles. The van der Waals surface area contributed by atoms with Crippen LogP contribution in [-0.2, 0) is 0 Å². The molecule has 0 saturated heterocycles. The minimum absolute atomic E-state index is 0.472. The Kier molecular flexibility index (Phi) is 8.93. The lowest BCUT2D eigenvalue weighted by molar-refractivity contribution is 0.324. The van der Waals surface area contributed by atoms with Gasteiger partial charge in [0.25, 0.3) is 0 Å². The SMILES string of the molecule is C=C/C=C(\C)CC1CCC(N)CC1.C=CC. The first kappa shape index (κ1) is 15.2. The van der Waals surface area contributed by atoms with Crippen LogP contribution in [0.4, 0.5) is 0 Å². The van der Waals surface area contributed by atoms with Crippen LogP contribution in [0.5, 0.6) is 0 Å². The molecule has 1 saturated carbocycles. The summed E-state index contributed by atoms with van der Waals surface area (Å²) in [6.07, 6.45) is 12.0. The number of allylic oxidation sites excluding steroid dienone is 4. The van der Waals surface area contributed by atoms with Gasteiger partial charge in [-0.1, -0.05) is 30.4 Å². The zero-order valence-electron chi connectivity index (χ0n) is 10.9. The van der Waals surface area contributed by atoms with E-state index >= 15 is 0 Å². The van der Waals surface area contributed by atoms with E-state index in [1.54, 1.807) is 6.08 Å². The topological polar surface area (TPSA) is 26.0 Å². The minimum Gasteiger partial charge on any atom is -0.328 e. The maximum absolute atomic E-state index is 5.86. The summed E-state index contributed by atoms with van der Waals surface area (Å²) >= 11 is 0. The van der Waals surface area contributed by atoms with E-state index in [9.17, 15) is 0 Å². The molecule has 0 radical (unpaired) electrons. The molecule has 0 aromatic carbocycles. The van der Waals surface area contributed by atoms with Gasteiger partial charge in [0.05, 0.1) is 0 Å². The van der Waals surface area contributed by atoms with E-state index in [2.05, 4.69) is 26.2 Å². The molecule has 0 spiro atoms. The van der Waals surface area contributed by atoms with Crippen molar-refractivity contribution in [2.24, 2.45) is 11.7 Å². The summed E-state index contributed by atoms with van der Waals surface area (Å²) < 4.78 is 0. The van der Waals surface area contributed by atoms with Gasteiger partial charge in [-0.05, 0) is 51.9 Å². The number of nitrogens with two attached hydrogens (primary N) is 1. The molecular formula is C15H27N. The van der Waals surface area contributed by atoms with Gasteiger partial charge in [0.15, 0.2) is 0 Å². The highest BCUT2D eigenvalue weighted by atomic mass is 14.6. The van der Waals surface area contributed by atoms with E-state index < -0.39 is 0 Å². The molecule has 0 amide bonds. The van der Waals surface area contributed by atoms with Crippen LogP contribution in [0, 0.1) is 5.92 Å². The highest BCUT2D eigenvalue weighted by Crippen LogP contribution is 2.28. The van der Waals surface area contributed by atoms with E-state index in [-0.39, 0.29) is 0 Å². The molecule has 0 unspecified atom stereocenters. The lowest BCUT2D eigenvalue weighted by Gasteiger charge is -2.26. The smallest absolute Gasteiger partial charge is 0.00390 e. The van der Waals surface area contributed by atoms with Crippen LogP contribution >= 0.6 is 0 Å². The van der Waals surface area contributed by atoms with Crippen LogP contribution in [-0.4, -0.2) is 6.04 Å². The fraction of sp³-hybridized carbons (Fsp3) is 0.600.